The van der Waals surface area contributed by atoms with Crippen LogP contribution in [0, 0.1) is 6.92 Å². The fraction of sp³-hybridized carbons (Fsp3) is 0.714. The number of nitrogens with zero attached hydrogens (tertiary/aromatic N) is 2. The van der Waals surface area contributed by atoms with E-state index in [1.54, 1.807) is 11.8 Å². The van der Waals surface area contributed by atoms with E-state index in [-0.39, 0.29) is 11.5 Å². The van der Waals surface area contributed by atoms with Crippen molar-refractivity contribution in [2.24, 2.45) is 5.84 Å². The summed E-state index contributed by atoms with van der Waals surface area (Å²) in [5, 5.41) is 1.45. The quantitative estimate of drug-likeness (QED) is 0.507. The van der Waals surface area contributed by atoms with Gasteiger partial charge >= 0.3 is 0 Å². The van der Waals surface area contributed by atoms with Crippen LogP contribution in [0.15, 0.2) is 5.03 Å². The Bertz CT molecular complexity index is 487. The second-order valence-corrected chi connectivity index (χ2v) is 7.47. The van der Waals surface area contributed by atoms with Crippen LogP contribution in [0.2, 0.25) is 0 Å². The second kappa shape index (κ2) is 5.87. The third kappa shape index (κ3) is 3.24. The molecule has 2 heterocycles. The monoisotopic (exact) mass is 296 g/mol. The minimum absolute atomic E-state index is 0.105. The molecule has 112 valence electrons. The highest BCUT2D eigenvalue weighted by molar-refractivity contribution is 8.00. The van der Waals surface area contributed by atoms with Crippen LogP contribution in [0.5, 0.6) is 0 Å². The number of nitrogen functional groups attached to an aromatic ring is 1. The lowest BCUT2D eigenvalue weighted by Gasteiger charge is -2.21. The molecule has 0 spiro atoms. The molecule has 1 aromatic rings. The number of rotatable bonds is 3. The first-order valence-corrected chi connectivity index (χ1v) is 7.85. The smallest absolute Gasteiger partial charge is 0.147 e. The fourth-order valence-corrected chi connectivity index (χ4v) is 3.28. The Morgan fingerprint density at radius 1 is 1.35 bits per heavy atom. The summed E-state index contributed by atoms with van der Waals surface area (Å²) in [4.78, 5) is 9.28. The van der Waals surface area contributed by atoms with E-state index in [1.165, 1.54) is 0 Å². The minimum Gasteiger partial charge on any atom is -0.377 e. The Labute approximate surface area is 125 Å². The van der Waals surface area contributed by atoms with Crippen molar-refractivity contribution < 1.29 is 4.74 Å². The van der Waals surface area contributed by atoms with Gasteiger partial charge in [0.1, 0.15) is 16.7 Å². The van der Waals surface area contributed by atoms with Crippen LogP contribution in [0.4, 0.5) is 5.82 Å². The van der Waals surface area contributed by atoms with E-state index in [0.29, 0.717) is 11.1 Å². The predicted octanol–water partition coefficient (Wildman–Crippen LogP) is 2.64. The molecule has 2 rings (SSSR count). The van der Waals surface area contributed by atoms with Gasteiger partial charge in [-0.1, -0.05) is 32.5 Å². The van der Waals surface area contributed by atoms with Crippen LogP contribution in [-0.4, -0.2) is 27.9 Å². The average Bonchev–Trinajstić information content (AvgIpc) is 2.76. The molecule has 0 bridgehead atoms. The maximum Gasteiger partial charge on any atom is 0.147 e. The Hall–Kier alpha value is -0.850. The van der Waals surface area contributed by atoms with Crippen LogP contribution in [0.1, 0.15) is 45.5 Å². The van der Waals surface area contributed by atoms with Crippen molar-refractivity contribution in [2.45, 2.75) is 62.8 Å². The highest BCUT2D eigenvalue weighted by atomic mass is 32.2. The number of hydrogen-bond acceptors (Lipinski definition) is 6. The number of nitrogens with one attached hydrogen (secondary N) is 1. The molecule has 1 fully saturated rings. The first kappa shape index (κ1) is 15.5. The summed E-state index contributed by atoms with van der Waals surface area (Å²) in [5.74, 6) is 7.11. The molecule has 3 N–H and O–H groups in total. The normalized spacial score (nSPS) is 23.1. The summed E-state index contributed by atoms with van der Waals surface area (Å²) in [7, 11) is 0. The Kier molecular flexibility index (Phi) is 4.56. The number of hydrazine groups is 1. The van der Waals surface area contributed by atoms with Gasteiger partial charge in [-0.05, 0) is 20.3 Å². The molecule has 2 unspecified atom stereocenters. The van der Waals surface area contributed by atoms with Crippen molar-refractivity contribution in [2.75, 3.05) is 12.0 Å². The molecule has 1 saturated heterocycles. The van der Waals surface area contributed by atoms with Gasteiger partial charge in [-0.25, -0.2) is 15.8 Å². The summed E-state index contributed by atoms with van der Waals surface area (Å²) >= 11 is 1.77. The third-order valence-corrected chi connectivity index (χ3v) is 5.02. The molecule has 0 radical (unpaired) electrons. The van der Waals surface area contributed by atoms with E-state index in [2.05, 4.69) is 38.1 Å². The van der Waals surface area contributed by atoms with Gasteiger partial charge in [0, 0.05) is 22.8 Å². The number of ether oxygens (including phenoxy) is 1. The number of hydrogen-bond donors (Lipinski definition) is 2. The van der Waals surface area contributed by atoms with E-state index in [1.807, 2.05) is 6.92 Å². The van der Waals surface area contributed by atoms with Crippen molar-refractivity contribution in [3.8, 4) is 0 Å². The number of aromatic nitrogens is 2. The van der Waals surface area contributed by atoms with Crippen LogP contribution in [-0.2, 0) is 10.2 Å². The largest absolute Gasteiger partial charge is 0.377 e. The minimum atomic E-state index is -0.105. The van der Waals surface area contributed by atoms with Crippen LogP contribution >= 0.6 is 11.8 Å². The van der Waals surface area contributed by atoms with E-state index in [4.69, 9.17) is 15.6 Å². The summed E-state index contributed by atoms with van der Waals surface area (Å²) in [5.41, 5.74) is 3.59. The molecular formula is C14H24N4OS. The van der Waals surface area contributed by atoms with Crippen molar-refractivity contribution in [1.29, 1.82) is 0 Å². The number of anilines is 1. The first-order valence-electron chi connectivity index (χ1n) is 6.97. The molecule has 2 atom stereocenters. The molecule has 0 aromatic carbocycles. The Morgan fingerprint density at radius 3 is 2.55 bits per heavy atom. The highest BCUT2D eigenvalue weighted by Gasteiger charge is 2.28. The lowest BCUT2D eigenvalue weighted by molar-refractivity contribution is 0.127. The molecule has 1 aromatic heterocycles. The lowest BCUT2D eigenvalue weighted by atomic mass is 9.95. The standard InChI is InChI=1S/C14H24N4OS/c1-8-11(18-15)16-13(14(3,4)5)17-12(8)20-10-6-7-19-9(10)2/h9-10H,6-7,15H2,1-5H3,(H,16,17,18). The predicted molar refractivity (Wildman–Crippen MR) is 83.0 cm³/mol. The zero-order chi connectivity index (χ0) is 14.9. The SMILES string of the molecule is Cc1c(NN)nc(C(C)(C)C)nc1SC1CCOC1C. The molecule has 1 aliphatic rings. The Morgan fingerprint density at radius 2 is 2.05 bits per heavy atom. The van der Waals surface area contributed by atoms with Gasteiger partial charge in [0.2, 0.25) is 0 Å². The highest BCUT2D eigenvalue weighted by Crippen LogP contribution is 2.35. The molecule has 1 aliphatic heterocycles. The van der Waals surface area contributed by atoms with Gasteiger partial charge in [0.05, 0.1) is 6.10 Å². The van der Waals surface area contributed by atoms with Crippen molar-refractivity contribution in [3.05, 3.63) is 11.4 Å². The third-order valence-electron chi connectivity index (χ3n) is 3.48. The second-order valence-electron chi connectivity index (χ2n) is 6.24. The van der Waals surface area contributed by atoms with E-state index in [9.17, 15) is 0 Å². The van der Waals surface area contributed by atoms with Gasteiger partial charge in [-0.15, -0.1) is 0 Å². The molecule has 0 saturated carbocycles. The van der Waals surface area contributed by atoms with Crippen LogP contribution in [0.25, 0.3) is 0 Å². The van der Waals surface area contributed by atoms with Gasteiger partial charge in [0.15, 0.2) is 0 Å². The summed E-state index contributed by atoms with van der Waals surface area (Å²) in [6, 6.07) is 0. The zero-order valence-corrected chi connectivity index (χ0v) is 13.7. The molecular weight excluding hydrogens is 272 g/mol. The van der Waals surface area contributed by atoms with Crippen LogP contribution in [0.3, 0.4) is 0 Å². The van der Waals surface area contributed by atoms with E-state index >= 15 is 0 Å². The maximum atomic E-state index is 5.63. The molecule has 5 nitrogen and oxygen atoms in total. The van der Waals surface area contributed by atoms with Gasteiger partial charge in [-0.2, -0.15) is 0 Å². The topological polar surface area (TPSA) is 73.1 Å². The van der Waals surface area contributed by atoms with Crippen molar-refractivity contribution in [1.82, 2.24) is 9.97 Å². The van der Waals surface area contributed by atoms with Gasteiger partial charge in [-0.3, -0.25) is 0 Å². The molecule has 20 heavy (non-hydrogen) atoms. The van der Waals surface area contributed by atoms with E-state index in [0.717, 1.165) is 29.4 Å². The summed E-state index contributed by atoms with van der Waals surface area (Å²) in [6.45, 7) is 11.3. The molecule has 0 amide bonds. The maximum absolute atomic E-state index is 5.63. The molecule has 0 aliphatic carbocycles. The van der Waals surface area contributed by atoms with Gasteiger partial charge < -0.3 is 10.2 Å². The van der Waals surface area contributed by atoms with Gasteiger partial charge in [0.25, 0.3) is 0 Å². The van der Waals surface area contributed by atoms with Crippen molar-refractivity contribution in [3.63, 3.8) is 0 Å². The lowest BCUT2D eigenvalue weighted by Crippen LogP contribution is -2.21. The van der Waals surface area contributed by atoms with Crippen LogP contribution < -0.4 is 11.3 Å². The number of nitrogens with two attached hydrogens (primary N) is 1. The molecule has 6 heteroatoms. The summed E-state index contributed by atoms with van der Waals surface area (Å²) < 4.78 is 5.63. The first-order chi connectivity index (χ1) is 9.32. The van der Waals surface area contributed by atoms with E-state index < -0.39 is 0 Å². The average molecular weight is 296 g/mol. The van der Waals surface area contributed by atoms with Crippen molar-refractivity contribution >= 4 is 17.6 Å². The number of thioether (sulfide) groups is 1. The fourth-order valence-electron chi connectivity index (χ4n) is 2.10. The Balaban J connectivity index is 2.35. The zero-order valence-electron chi connectivity index (χ0n) is 12.9. The summed E-state index contributed by atoms with van der Waals surface area (Å²) in [6.07, 6.45) is 1.33.